The van der Waals surface area contributed by atoms with Crippen molar-refractivity contribution in [2.75, 3.05) is 12.1 Å². The molecule has 1 N–H and O–H groups in total. The van der Waals surface area contributed by atoms with Gasteiger partial charge in [-0.2, -0.15) is 0 Å². The Hall–Kier alpha value is -3.02. The van der Waals surface area contributed by atoms with Crippen molar-refractivity contribution < 1.29 is 13.9 Å². The number of ether oxygens (including phenoxy) is 2. The Labute approximate surface area is 138 Å². The Kier molecular flexibility index (Phi) is 3.57. The topological polar surface area (TPSA) is 48.3 Å². The number of nitrogens with zero attached hydrogens (tertiary/aromatic N) is 2. The first kappa shape index (κ1) is 14.6. The minimum atomic E-state index is -0.227. The van der Waals surface area contributed by atoms with Crippen LogP contribution in [0.5, 0.6) is 11.5 Å². The minimum absolute atomic E-state index is 0.227. The minimum Gasteiger partial charge on any atom is -0.454 e. The van der Waals surface area contributed by atoms with E-state index in [9.17, 15) is 4.39 Å². The molecule has 122 valence electrons. The third kappa shape index (κ3) is 2.56. The number of imidazole rings is 1. The largest absolute Gasteiger partial charge is 0.454 e. The molecular weight excluding hydrogens is 309 g/mol. The number of benzene rings is 2. The van der Waals surface area contributed by atoms with E-state index in [4.69, 9.17) is 9.47 Å². The molecule has 2 aromatic carbocycles. The average Bonchev–Trinajstić information content (AvgIpc) is 3.20. The maximum atomic E-state index is 13.7. The van der Waals surface area contributed by atoms with Crippen LogP contribution in [0.1, 0.15) is 5.56 Å². The second-order valence-corrected chi connectivity index (χ2v) is 5.54. The lowest BCUT2D eigenvalue weighted by atomic mass is 10.1. The van der Waals surface area contributed by atoms with E-state index < -0.39 is 0 Å². The van der Waals surface area contributed by atoms with E-state index in [1.54, 1.807) is 18.3 Å². The van der Waals surface area contributed by atoms with Gasteiger partial charge < -0.3 is 19.4 Å². The van der Waals surface area contributed by atoms with Crippen LogP contribution in [0.25, 0.3) is 11.3 Å². The van der Waals surface area contributed by atoms with Crippen molar-refractivity contribution in [2.45, 2.75) is 6.54 Å². The maximum absolute atomic E-state index is 13.7. The predicted molar refractivity (Wildman–Crippen MR) is 88.5 cm³/mol. The third-order valence-corrected chi connectivity index (χ3v) is 4.05. The molecule has 1 aromatic heterocycles. The van der Waals surface area contributed by atoms with E-state index in [2.05, 4.69) is 10.3 Å². The molecule has 0 bridgehead atoms. The van der Waals surface area contributed by atoms with E-state index >= 15 is 0 Å². The Balaban J connectivity index is 1.56. The molecule has 0 unspecified atom stereocenters. The molecule has 0 amide bonds. The number of nitrogens with one attached hydrogen (secondary N) is 1. The lowest BCUT2D eigenvalue weighted by Crippen LogP contribution is -2.06. The van der Waals surface area contributed by atoms with Crippen LogP contribution in [0.4, 0.5) is 10.3 Å². The normalized spacial score (nSPS) is 12.4. The Bertz CT molecular complexity index is 892. The van der Waals surface area contributed by atoms with Crippen LogP contribution >= 0.6 is 0 Å². The molecule has 0 saturated heterocycles. The summed E-state index contributed by atoms with van der Waals surface area (Å²) in [6.07, 6.45) is 1.78. The fourth-order valence-corrected chi connectivity index (χ4v) is 2.71. The standard InChI is InChI=1S/C18H16FN3O2/c1-22-15(12-6-7-16-17(8-12)24-11-23-16)10-21-18(22)20-9-13-4-2-3-5-14(13)19/h2-8,10H,9,11H2,1H3,(H,20,21). The molecule has 3 aromatic rings. The highest BCUT2D eigenvalue weighted by atomic mass is 19.1. The molecule has 1 aliphatic heterocycles. The van der Waals surface area contributed by atoms with Crippen LogP contribution in [0.15, 0.2) is 48.7 Å². The zero-order chi connectivity index (χ0) is 16.5. The molecule has 6 heteroatoms. The second-order valence-electron chi connectivity index (χ2n) is 5.54. The SMILES string of the molecule is Cn1c(-c2ccc3c(c2)OCO3)cnc1NCc1ccccc1F. The molecule has 2 heterocycles. The van der Waals surface area contributed by atoms with Gasteiger partial charge in [0.2, 0.25) is 12.7 Å². The van der Waals surface area contributed by atoms with Crippen LogP contribution in [0.2, 0.25) is 0 Å². The summed E-state index contributed by atoms with van der Waals surface area (Å²) in [6, 6.07) is 12.5. The Morgan fingerprint density at radius 3 is 2.88 bits per heavy atom. The van der Waals surface area contributed by atoms with E-state index in [0.29, 0.717) is 18.1 Å². The quantitative estimate of drug-likeness (QED) is 0.797. The number of fused-ring (bicyclic) bond motifs is 1. The van der Waals surface area contributed by atoms with Crippen molar-refractivity contribution in [3.05, 3.63) is 60.0 Å². The molecule has 0 spiro atoms. The predicted octanol–water partition coefficient (Wildman–Crippen LogP) is 3.57. The molecule has 4 rings (SSSR count). The van der Waals surface area contributed by atoms with Gasteiger partial charge in [-0.15, -0.1) is 0 Å². The van der Waals surface area contributed by atoms with Crippen LogP contribution in [-0.2, 0) is 13.6 Å². The monoisotopic (exact) mass is 325 g/mol. The van der Waals surface area contributed by atoms with Gasteiger partial charge >= 0.3 is 0 Å². The van der Waals surface area contributed by atoms with Gasteiger partial charge in [-0.05, 0) is 24.3 Å². The van der Waals surface area contributed by atoms with Gasteiger partial charge in [0.05, 0.1) is 11.9 Å². The summed E-state index contributed by atoms with van der Waals surface area (Å²) in [5, 5.41) is 3.17. The molecule has 24 heavy (non-hydrogen) atoms. The highest BCUT2D eigenvalue weighted by Gasteiger charge is 2.16. The summed E-state index contributed by atoms with van der Waals surface area (Å²) < 4.78 is 26.4. The lowest BCUT2D eigenvalue weighted by molar-refractivity contribution is 0.174. The van der Waals surface area contributed by atoms with Gasteiger partial charge in [0, 0.05) is 24.7 Å². The first-order valence-electron chi connectivity index (χ1n) is 7.61. The highest BCUT2D eigenvalue weighted by molar-refractivity contribution is 5.66. The average molecular weight is 325 g/mol. The van der Waals surface area contributed by atoms with Crippen LogP contribution in [0.3, 0.4) is 0 Å². The van der Waals surface area contributed by atoms with Gasteiger partial charge in [-0.1, -0.05) is 18.2 Å². The Morgan fingerprint density at radius 2 is 2.00 bits per heavy atom. The third-order valence-electron chi connectivity index (χ3n) is 4.05. The van der Waals surface area contributed by atoms with Gasteiger partial charge in [0.1, 0.15) is 5.82 Å². The molecule has 0 saturated carbocycles. The zero-order valence-corrected chi connectivity index (χ0v) is 13.1. The van der Waals surface area contributed by atoms with Crippen molar-refractivity contribution in [3.8, 4) is 22.8 Å². The molecule has 0 radical (unpaired) electrons. The van der Waals surface area contributed by atoms with Gasteiger partial charge in [-0.25, -0.2) is 9.37 Å². The number of hydrogen-bond donors (Lipinski definition) is 1. The molecule has 0 aliphatic carbocycles. The first-order chi connectivity index (χ1) is 11.7. The summed E-state index contributed by atoms with van der Waals surface area (Å²) in [6.45, 7) is 0.623. The zero-order valence-electron chi connectivity index (χ0n) is 13.1. The number of aromatic nitrogens is 2. The first-order valence-corrected chi connectivity index (χ1v) is 7.61. The van der Waals surface area contributed by atoms with Crippen molar-refractivity contribution in [3.63, 3.8) is 0 Å². The van der Waals surface area contributed by atoms with Gasteiger partial charge in [0.25, 0.3) is 0 Å². The van der Waals surface area contributed by atoms with Crippen LogP contribution in [-0.4, -0.2) is 16.3 Å². The fourth-order valence-electron chi connectivity index (χ4n) is 2.71. The molecule has 1 aliphatic rings. The van der Waals surface area contributed by atoms with Crippen LogP contribution < -0.4 is 14.8 Å². The summed E-state index contributed by atoms with van der Waals surface area (Å²) in [5.41, 5.74) is 2.52. The van der Waals surface area contributed by atoms with Crippen molar-refractivity contribution in [1.82, 2.24) is 9.55 Å². The number of halogens is 1. The van der Waals surface area contributed by atoms with E-state index in [1.807, 2.05) is 35.9 Å². The van der Waals surface area contributed by atoms with E-state index in [1.165, 1.54) is 6.07 Å². The number of anilines is 1. The summed E-state index contributed by atoms with van der Waals surface area (Å²) in [5.74, 6) is 1.93. The second kappa shape index (κ2) is 5.88. The van der Waals surface area contributed by atoms with Gasteiger partial charge in [0.15, 0.2) is 11.5 Å². The highest BCUT2D eigenvalue weighted by Crippen LogP contribution is 2.36. The van der Waals surface area contributed by atoms with E-state index in [-0.39, 0.29) is 12.6 Å². The van der Waals surface area contributed by atoms with Crippen molar-refractivity contribution in [1.29, 1.82) is 0 Å². The Morgan fingerprint density at radius 1 is 1.17 bits per heavy atom. The van der Waals surface area contributed by atoms with Crippen molar-refractivity contribution >= 4 is 5.95 Å². The molecule has 0 fully saturated rings. The molecule has 0 atom stereocenters. The fraction of sp³-hybridized carbons (Fsp3) is 0.167. The maximum Gasteiger partial charge on any atom is 0.231 e. The smallest absolute Gasteiger partial charge is 0.231 e. The molecular formula is C18H16FN3O2. The summed E-state index contributed by atoms with van der Waals surface area (Å²) in [7, 11) is 1.91. The molecule has 5 nitrogen and oxygen atoms in total. The number of hydrogen-bond acceptors (Lipinski definition) is 4. The summed E-state index contributed by atoms with van der Waals surface area (Å²) >= 11 is 0. The summed E-state index contributed by atoms with van der Waals surface area (Å²) in [4.78, 5) is 4.39. The van der Waals surface area contributed by atoms with Crippen molar-refractivity contribution in [2.24, 2.45) is 7.05 Å². The number of rotatable bonds is 4. The van der Waals surface area contributed by atoms with Crippen LogP contribution in [0, 0.1) is 5.82 Å². The van der Waals surface area contributed by atoms with Gasteiger partial charge in [-0.3, -0.25) is 0 Å². The van der Waals surface area contributed by atoms with E-state index in [0.717, 1.165) is 22.8 Å². The lowest BCUT2D eigenvalue weighted by Gasteiger charge is -2.09.